The molecular formula is C17H26N2O3. The lowest BCUT2D eigenvalue weighted by Crippen LogP contribution is -2.30. The predicted molar refractivity (Wildman–Crippen MR) is 86.6 cm³/mol. The monoisotopic (exact) mass is 306 g/mol. The fourth-order valence-electron chi connectivity index (χ4n) is 2.74. The van der Waals surface area contributed by atoms with Crippen LogP contribution < -0.4 is 14.8 Å². The molecule has 5 heteroatoms. The van der Waals surface area contributed by atoms with Gasteiger partial charge in [0.25, 0.3) is 0 Å². The second kappa shape index (κ2) is 8.63. The van der Waals surface area contributed by atoms with E-state index in [1.807, 2.05) is 18.2 Å². The lowest BCUT2D eigenvalue weighted by molar-refractivity contribution is -0.121. The van der Waals surface area contributed by atoms with Crippen LogP contribution in [0.2, 0.25) is 0 Å². The largest absolute Gasteiger partial charge is 0.493 e. The summed E-state index contributed by atoms with van der Waals surface area (Å²) in [6.45, 7) is 3.80. The third-order valence-electron chi connectivity index (χ3n) is 4.04. The zero-order valence-electron chi connectivity index (χ0n) is 13.6. The number of nitrogens with zero attached hydrogens (tertiary/aromatic N) is 1. The Balaban J connectivity index is 1.70. The SMILES string of the molecule is COc1ccc(CCNC(=O)CCN2CCCC2)cc1OC. The van der Waals surface area contributed by atoms with Crippen LogP contribution in [0.5, 0.6) is 11.5 Å². The van der Waals surface area contributed by atoms with Gasteiger partial charge in [0.05, 0.1) is 14.2 Å². The van der Waals surface area contributed by atoms with Crippen molar-refractivity contribution >= 4 is 5.91 Å². The molecule has 0 unspecified atom stereocenters. The number of carbonyl (C=O) groups is 1. The maximum absolute atomic E-state index is 11.8. The molecular weight excluding hydrogens is 280 g/mol. The Bertz CT molecular complexity index is 485. The molecule has 1 N–H and O–H groups in total. The van der Waals surface area contributed by atoms with E-state index in [0.29, 0.717) is 13.0 Å². The first-order valence-electron chi connectivity index (χ1n) is 7.93. The van der Waals surface area contributed by atoms with Gasteiger partial charge in [0.2, 0.25) is 5.91 Å². The number of carbonyl (C=O) groups excluding carboxylic acids is 1. The van der Waals surface area contributed by atoms with Crippen LogP contribution in [-0.2, 0) is 11.2 Å². The quantitative estimate of drug-likeness (QED) is 0.796. The van der Waals surface area contributed by atoms with Gasteiger partial charge in [0.15, 0.2) is 11.5 Å². The summed E-state index contributed by atoms with van der Waals surface area (Å²) in [7, 11) is 3.25. The van der Waals surface area contributed by atoms with Crippen molar-refractivity contribution in [2.24, 2.45) is 0 Å². The van der Waals surface area contributed by atoms with Crippen LogP contribution in [0.15, 0.2) is 18.2 Å². The van der Waals surface area contributed by atoms with E-state index in [1.54, 1.807) is 14.2 Å². The Labute approximate surface area is 132 Å². The first kappa shape index (κ1) is 16.6. The third-order valence-corrected chi connectivity index (χ3v) is 4.04. The second-order valence-corrected chi connectivity index (χ2v) is 5.59. The van der Waals surface area contributed by atoms with Gasteiger partial charge < -0.3 is 19.7 Å². The first-order valence-corrected chi connectivity index (χ1v) is 7.93. The molecule has 1 aliphatic rings. The Morgan fingerprint density at radius 3 is 2.59 bits per heavy atom. The van der Waals surface area contributed by atoms with E-state index in [9.17, 15) is 4.79 Å². The highest BCUT2D eigenvalue weighted by Gasteiger charge is 2.12. The highest BCUT2D eigenvalue weighted by Crippen LogP contribution is 2.27. The van der Waals surface area contributed by atoms with Gasteiger partial charge in [-0.15, -0.1) is 0 Å². The molecule has 1 saturated heterocycles. The molecule has 1 aromatic carbocycles. The number of hydrogen-bond donors (Lipinski definition) is 1. The maximum Gasteiger partial charge on any atom is 0.221 e. The molecule has 0 spiro atoms. The molecule has 1 fully saturated rings. The van der Waals surface area contributed by atoms with Crippen LogP contribution >= 0.6 is 0 Å². The number of methoxy groups -OCH3 is 2. The summed E-state index contributed by atoms with van der Waals surface area (Å²) in [4.78, 5) is 14.2. The Morgan fingerprint density at radius 1 is 1.18 bits per heavy atom. The van der Waals surface area contributed by atoms with Crippen molar-refractivity contribution in [2.75, 3.05) is 40.4 Å². The fourth-order valence-corrected chi connectivity index (χ4v) is 2.74. The van der Waals surface area contributed by atoms with Crippen molar-refractivity contribution in [1.29, 1.82) is 0 Å². The second-order valence-electron chi connectivity index (χ2n) is 5.59. The van der Waals surface area contributed by atoms with Crippen molar-refractivity contribution in [2.45, 2.75) is 25.7 Å². The zero-order valence-corrected chi connectivity index (χ0v) is 13.6. The lowest BCUT2D eigenvalue weighted by Gasteiger charge is -2.14. The molecule has 0 radical (unpaired) electrons. The van der Waals surface area contributed by atoms with Gasteiger partial charge >= 0.3 is 0 Å². The van der Waals surface area contributed by atoms with Crippen molar-refractivity contribution < 1.29 is 14.3 Å². The molecule has 1 heterocycles. The summed E-state index contributed by atoms with van der Waals surface area (Å²) < 4.78 is 10.5. The Kier molecular flexibility index (Phi) is 6.52. The highest BCUT2D eigenvalue weighted by atomic mass is 16.5. The molecule has 0 aliphatic carbocycles. The molecule has 0 atom stereocenters. The number of amides is 1. The smallest absolute Gasteiger partial charge is 0.221 e. The van der Waals surface area contributed by atoms with Crippen molar-refractivity contribution in [3.8, 4) is 11.5 Å². The molecule has 0 saturated carbocycles. The average Bonchev–Trinajstić information content (AvgIpc) is 3.06. The van der Waals surface area contributed by atoms with E-state index < -0.39 is 0 Å². The zero-order chi connectivity index (χ0) is 15.8. The van der Waals surface area contributed by atoms with E-state index in [0.717, 1.165) is 43.1 Å². The summed E-state index contributed by atoms with van der Waals surface area (Å²) in [5.74, 6) is 1.58. The summed E-state index contributed by atoms with van der Waals surface area (Å²) in [5, 5.41) is 2.98. The standard InChI is InChI=1S/C17H26N2O3/c1-21-15-6-5-14(13-16(15)22-2)7-9-18-17(20)8-12-19-10-3-4-11-19/h5-6,13H,3-4,7-12H2,1-2H3,(H,18,20). The van der Waals surface area contributed by atoms with Crippen molar-refractivity contribution in [3.63, 3.8) is 0 Å². The van der Waals surface area contributed by atoms with Crippen molar-refractivity contribution in [1.82, 2.24) is 10.2 Å². The minimum Gasteiger partial charge on any atom is -0.493 e. The van der Waals surface area contributed by atoms with Crippen LogP contribution in [0, 0.1) is 0 Å². The summed E-state index contributed by atoms with van der Waals surface area (Å²) in [6.07, 6.45) is 3.91. The number of nitrogens with one attached hydrogen (secondary N) is 1. The molecule has 2 rings (SSSR count). The van der Waals surface area contributed by atoms with Gasteiger partial charge in [0, 0.05) is 19.5 Å². The van der Waals surface area contributed by atoms with Gasteiger partial charge in [-0.1, -0.05) is 6.07 Å². The summed E-state index contributed by atoms with van der Waals surface area (Å²) >= 11 is 0. The van der Waals surface area contributed by atoms with Gasteiger partial charge in [-0.05, 0) is 50.0 Å². The number of rotatable bonds is 8. The minimum atomic E-state index is 0.132. The Morgan fingerprint density at radius 2 is 1.91 bits per heavy atom. The van der Waals surface area contributed by atoms with E-state index >= 15 is 0 Å². The number of likely N-dealkylation sites (tertiary alicyclic amines) is 1. The van der Waals surface area contributed by atoms with Crippen LogP contribution in [-0.4, -0.2) is 51.2 Å². The van der Waals surface area contributed by atoms with E-state index in [-0.39, 0.29) is 5.91 Å². The van der Waals surface area contributed by atoms with Crippen LogP contribution in [0.4, 0.5) is 0 Å². The molecule has 5 nitrogen and oxygen atoms in total. The molecule has 122 valence electrons. The lowest BCUT2D eigenvalue weighted by atomic mass is 10.1. The van der Waals surface area contributed by atoms with Gasteiger partial charge in [0.1, 0.15) is 0 Å². The van der Waals surface area contributed by atoms with Crippen molar-refractivity contribution in [3.05, 3.63) is 23.8 Å². The van der Waals surface area contributed by atoms with Crippen LogP contribution in [0.3, 0.4) is 0 Å². The van der Waals surface area contributed by atoms with E-state index in [4.69, 9.17) is 9.47 Å². The maximum atomic E-state index is 11.8. The highest BCUT2D eigenvalue weighted by molar-refractivity contribution is 5.76. The third kappa shape index (κ3) is 4.91. The summed E-state index contributed by atoms with van der Waals surface area (Å²) in [5.41, 5.74) is 1.12. The van der Waals surface area contributed by atoms with Gasteiger partial charge in [-0.2, -0.15) is 0 Å². The molecule has 22 heavy (non-hydrogen) atoms. The average molecular weight is 306 g/mol. The number of benzene rings is 1. The summed E-state index contributed by atoms with van der Waals surface area (Å²) in [6, 6.07) is 5.84. The van der Waals surface area contributed by atoms with Gasteiger partial charge in [-0.3, -0.25) is 4.79 Å². The topological polar surface area (TPSA) is 50.8 Å². The Hall–Kier alpha value is -1.75. The van der Waals surface area contributed by atoms with E-state index in [2.05, 4.69) is 10.2 Å². The predicted octanol–water partition coefficient (Wildman–Crippen LogP) is 1.85. The molecule has 0 aromatic heterocycles. The van der Waals surface area contributed by atoms with Crippen LogP contribution in [0.25, 0.3) is 0 Å². The number of ether oxygens (including phenoxy) is 2. The van der Waals surface area contributed by atoms with Gasteiger partial charge in [-0.25, -0.2) is 0 Å². The fraction of sp³-hybridized carbons (Fsp3) is 0.588. The van der Waals surface area contributed by atoms with E-state index in [1.165, 1.54) is 12.8 Å². The number of hydrogen-bond acceptors (Lipinski definition) is 4. The molecule has 0 bridgehead atoms. The molecule has 1 aromatic rings. The molecule has 1 aliphatic heterocycles. The first-order chi connectivity index (χ1) is 10.7. The minimum absolute atomic E-state index is 0.132. The molecule has 1 amide bonds. The van der Waals surface area contributed by atoms with Crippen LogP contribution in [0.1, 0.15) is 24.8 Å². The normalized spacial score (nSPS) is 14.8.